The third-order valence-electron chi connectivity index (χ3n) is 3.31. The quantitative estimate of drug-likeness (QED) is 0.572. The molecule has 0 radical (unpaired) electrons. The predicted octanol–water partition coefficient (Wildman–Crippen LogP) is 5.84. The Morgan fingerprint density at radius 2 is 2.00 bits per heavy atom. The van der Waals surface area contributed by atoms with Gasteiger partial charge in [0, 0.05) is 6.07 Å². The van der Waals surface area contributed by atoms with E-state index >= 15 is 0 Å². The third-order valence-corrected chi connectivity index (χ3v) is 3.31. The number of hydrogen-bond acceptors (Lipinski definition) is 0. The zero-order valence-electron chi connectivity index (χ0n) is 12.5. The molecule has 0 unspecified atom stereocenters. The Balaban J connectivity index is 3.39. The molecule has 0 aliphatic rings. The number of unbranched alkanes of at least 4 members (excludes halogenated alkanes) is 1. The predicted molar refractivity (Wildman–Crippen MR) is 82.6 cm³/mol. The summed E-state index contributed by atoms with van der Waals surface area (Å²) in [6.45, 7) is 9.69. The lowest BCUT2D eigenvalue weighted by atomic mass is 9.94. The van der Waals surface area contributed by atoms with E-state index in [1.54, 1.807) is 6.08 Å². The molecule has 0 amide bonds. The van der Waals surface area contributed by atoms with Gasteiger partial charge in [-0.05, 0) is 49.5 Å². The van der Waals surface area contributed by atoms with Crippen molar-refractivity contribution in [1.82, 2.24) is 0 Å². The first kappa shape index (κ1) is 16.4. The number of benzene rings is 1. The van der Waals surface area contributed by atoms with Crippen LogP contribution in [0.4, 0.5) is 8.78 Å². The van der Waals surface area contributed by atoms with E-state index in [0.29, 0.717) is 17.5 Å². The molecule has 0 N–H and O–H groups in total. The fraction of sp³-hybridized carbons (Fsp3) is 0.333. The molecule has 0 atom stereocenters. The maximum Gasteiger partial charge on any atom is 0.129 e. The van der Waals surface area contributed by atoms with Crippen molar-refractivity contribution >= 4 is 5.57 Å². The van der Waals surface area contributed by atoms with Crippen LogP contribution in [-0.4, -0.2) is 0 Å². The highest BCUT2D eigenvalue weighted by molar-refractivity contribution is 5.77. The second-order valence-electron chi connectivity index (χ2n) is 4.85. The first-order valence-electron chi connectivity index (χ1n) is 6.98. The summed E-state index contributed by atoms with van der Waals surface area (Å²) in [5.74, 6) is -1.03. The second kappa shape index (κ2) is 7.78. The average Bonchev–Trinajstić information content (AvgIpc) is 2.42. The summed E-state index contributed by atoms with van der Waals surface area (Å²) in [7, 11) is 0. The van der Waals surface area contributed by atoms with Gasteiger partial charge in [0.05, 0.1) is 0 Å². The first-order valence-corrected chi connectivity index (χ1v) is 6.98. The van der Waals surface area contributed by atoms with Gasteiger partial charge in [-0.25, -0.2) is 8.78 Å². The highest BCUT2D eigenvalue weighted by Gasteiger charge is 2.13. The zero-order valence-corrected chi connectivity index (χ0v) is 12.5. The summed E-state index contributed by atoms with van der Waals surface area (Å²) in [5.41, 5.74) is 2.96. The van der Waals surface area contributed by atoms with Crippen molar-refractivity contribution in [1.29, 1.82) is 0 Å². The zero-order chi connectivity index (χ0) is 15.1. The van der Waals surface area contributed by atoms with E-state index in [-0.39, 0.29) is 0 Å². The molecule has 20 heavy (non-hydrogen) atoms. The van der Waals surface area contributed by atoms with Gasteiger partial charge in [-0.2, -0.15) is 0 Å². The van der Waals surface area contributed by atoms with Crippen LogP contribution in [0.5, 0.6) is 0 Å². The fourth-order valence-corrected chi connectivity index (χ4v) is 2.04. The van der Waals surface area contributed by atoms with Gasteiger partial charge < -0.3 is 0 Å². The van der Waals surface area contributed by atoms with Gasteiger partial charge in [-0.3, -0.25) is 0 Å². The first-order chi connectivity index (χ1) is 9.53. The van der Waals surface area contributed by atoms with Gasteiger partial charge in [-0.1, -0.05) is 43.7 Å². The number of halogens is 2. The lowest BCUT2D eigenvalue weighted by Crippen LogP contribution is -1.99. The van der Waals surface area contributed by atoms with Gasteiger partial charge in [0.2, 0.25) is 0 Å². The summed E-state index contributed by atoms with van der Waals surface area (Å²) < 4.78 is 27.6. The highest BCUT2D eigenvalue weighted by atomic mass is 19.1. The van der Waals surface area contributed by atoms with Crippen molar-refractivity contribution in [2.75, 3.05) is 0 Å². The smallest absolute Gasteiger partial charge is 0.129 e. The van der Waals surface area contributed by atoms with Crippen LogP contribution in [0.1, 0.15) is 44.7 Å². The molecule has 0 aliphatic carbocycles. The highest BCUT2D eigenvalue weighted by Crippen LogP contribution is 2.27. The molecule has 108 valence electrons. The summed E-state index contributed by atoms with van der Waals surface area (Å²) in [6.07, 6.45) is 7.95. The van der Waals surface area contributed by atoms with Crippen LogP contribution in [0.25, 0.3) is 5.57 Å². The molecule has 0 bridgehead atoms. The number of rotatable bonds is 6. The summed E-state index contributed by atoms with van der Waals surface area (Å²) in [4.78, 5) is 0. The van der Waals surface area contributed by atoms with Crippen LogP contribution in [0.3, 0.4) is 0 Å². The van der Waals surface area contributed by atoms with E-state index in [4.69, 9.17) is 0 Å². The van der Waals surface area contributed by atoms with Gasteiger partial charge in [-0.15, -0.1) is 0 Å². The largest absolute Gasteiger partial charge is 0.207 e. The standard InChI is InChI=1S/C18H22F2/c1-5-8-9-16-17(11-15(19)12-18(16)20)14(7-3)10-13(4)6-2/h6-7,10-12H,3,5,8-9H2,1-2,4H3/b13-6-,14-10+. The van der Waals surface area contributed by atoms with Crippen LogP contribution in [0.2, 0.25) is 0 Å². The second-order valence-corrected chi connectivity index (χ2v) is 4.85. The Bertz CT molecular complexity index is 537. The maximum atomic E-state index is 14.0. The van der Waals surface area contributed by atoms with Crippen molar-refractivity contribution < 1.29 is 8.78 Å². The lowest BCUT2D eigenvalue weighted by molar-refractivity contribution is 0.567. The molecule has 0 saturated heterocycles. The lowest BCUT2D eigenvalue weighted by Gasteiger charge is -2.12. The summed E-state index contributed by atoms with van der Waals surface area (Å²) >= 11 is 0. The van der Waals surface area contributed by atoms with Crippen LogP contribution < -0.4 is 0 Å². The molecule has 0 nitrogen and oxygen atoms in total. The fourth-order valence-electron chi connectivity index (χ4n) is 2.04. The van der Waals surface area contributed by atoms with Crippen LogP contribution in [0, 0.1) is 11.6 Å². The molecule has 0 spiro atoms. The molecule has 0 aliphatic heterocycles. The van der Waals surface area contributed by atoms with E-state index < -0.39 is 11.6 Å². The van der Waals surface area contributed by atoms with Crippen molar-refractivity contribution in [3.05, 3.63) is 65.3 Å². The van der Waals surface area contributed by atoms with E-state index in [1.807, 2.05) is 26.0 Å². The van der Waals surface area contributed by atoms with Crippen LogP contribution >= 0.6 is 0 Å². The molecule has 1 aromatic rings. The van der Waals surface area contributed by atoms with Gasteiger partial charge in [0.15, 0.2) is 0 Å². The van der Waals surface area contributed by atoms with E-state index in [2.05, 4.69) is 13.5 Å². The minimum Gasteiger partial charge on any atom is -0.207 e. The molecule has 0 saturated carbocycles. The topological polar surface area (TPSA) is 0 Å². The van der Waals surface area contributed by atoms with Crippen molar-refractivity contribution in [3.8, 4) is 0 Å². The molecule has 0 aromatic heterocycles. The summed E-state index contributed by atoms with van der Waals surface area (Å²) in [5, 5.41) is 0. The van der Waals surface area contributed by atoms with E-state index in [1.165, 1.54) is 6.07 Å². The Hall–Kier alpha value is -1.70. The Morgan fingerprint density at radius 3 is 2.55 bits per heavy atom. The molecular formula is C18H22F2. The Morgan fingerprint density at radius 1 is 1.30 bits per heavy atom. The number of allylic oxidation sites excluding steroid dienone is 5. The molecule has 0 heterocycles. The van der Waals surface area contributed by atoms with Crippen molar-refractivity contribution in [3.63, 3.8) is 0 Å². The Labute approximate surface area is 120 Å². The van der Waals surface area contributed by atoms with Gasteiger partial charge in [0.1, 0.15) is 11.6 Å². The van der Waals surface area contributed by atoms with Gasteiger partial charge >= 0.3 is 0 Å². The molecule has 0 fully saturated rings. The van der Waals surface area contributed by atoms with E-state index in [0.717, 1.165) is 30.1 Å². The number of hydrogen-bond donors (Lipinski definition) is 0. The monoisotopic (exact) mass is 276 g/mol. The van der Waals surface area contributed by atoms with Gasteiger partial charge in [0.25, 0.3) is 0 Å². The normalized spacial score (nSPS) is 12.7. The van der Waals surface area contributed by atoms with E-state index in [9.17, 15) is 8.78 Å². The van der Waals surface area contributed by atoms with Crippen molar-refractivity contribution in [2.24, 2.45) is 0 Å². The average molecular weight is 276 g/mol. The minimum absolute atomic E-state index is 0.473. The third kappa shape index (κ3) is 4.16. The summed E-state index contributed by atoms with van der Waals surface area (Å²) in [6, 6.07) is 2.35. The van der Waals surface area contributed by atoms with Crippen LogP contribution in [-0.2, 0) is 6.42 Å². The molecular weight excluding hydrogens is 254 g/mol. The Kier molecular flexibility index (Phi) is 6.37. The van der Waals surface area contributed by atoms with Crippen LogP contribution in [0.15, 0.2) is 42.5 Å². The molecule has 2 heteroatoms. The minimum atomic E-state index is -0.552. The molecule has 1 rings (SSSR count). The molecule has 1 aromatic carbocycles. The SMILES string of the molecule is C=C/C(=C\C(C)=C/C)c1cc(F)cc(F)c1CCCC. The maximum absolute atomic E-state index is 14.0. The van der Waals surface area contributed by atoms with Crippen molar-refractivity contribution in [2.45, 2.75) is 40.0 Å².